The van der Waals surface area contributed by atoms with Crippen molar-refractivity contribution in [3.63, 3.8) is 0 Å². The molecule has 25 heavy (non-hydrogen) atoms. The largest absolute Gasteiger partial charge is 0.326 e. The Morgan fingerprint density at radius 2 is 1.76 bits per heavy atom. The van der Waals surface area contributed by atoms with E-state index >= 15 is 0 Å². The van der Waals surface area contributed by atoms with Crippen LogP contribution in [0.3, 0.4) is 0 Å². The van der Waals surface area contributed by atoms with Crippen LogP contribution in [0.2, 0.25) is 0 Å². The van der Waals surface area contributed by atoms with E-state index in [-0.39, 0.29) is 17.4 Å². The maximum atomic E-state index is 13.6. The topological polar surface area (TPSA) is 70.6 Å². The first-order valence-electron chi connectivity index (χ1n) is 8.05. The van der Waals surface area contributed by atoms with Crippen LogP contribution in [0.5, 0.6) is 0 Å². The van der Waals surface area contributed by atoms with Gasteiger partial charge < -0.3 is 5.32 Å². The van der Waals surface area contributed by atoms with Gasteiger partial charge in [0.15, 0.2) is 0 Å². The van der Waals surface area contributed by atoms with E-state index in [9.17, 15) is 14.0 Å². The maximum Gasteiger partial charge on any atom is 0.274 e. The number of hydrogen-bond donors (Lipinski definition) is 2. The van der Waals surface area contributed by atoms with Crippen molar-refractivity contribution < 1.29 is 14.0 Å². The average Bonchev–Trinajstić information content (AvgIpc) is 3.45. The summed E-state index contributed by atoms with van der Waals surface area (Å²) in [6.45, 7) is 1.74. The van der Waals surface area contributed by atoms with Crippen LogP contribution in [0.1, 0.15) is 35.7 Å². The second kappa shape index (κ2) is 7.25. The smallest absolute Gasteiger partial charge is 0.274 e. The van der Waals surface area contributed by atoms with Gasteiger partial charge in [-0.1, -0.05) is 24.3 Å². The second-order valence-corrected chi connectivity index (χ2v) is 5.96. The molecule has 6 heteroatoms. The Morgan fingerprint density at radius 1 is 1.08 bits per heavy atom. The normalized spacial score (nSPS) is 14.1. The minimum Gasteiger partial charge on any atom is -0.326 e. The number of hydrogen-bond acceptors (Lipinski definition) is 3. The van der Waals surface area contributed by atoms with Crippen molar-refractivity contribution in [3.8, 4) is 0 Å². The Hall–Kier alpha value is -3.02. The monoisotopic (exact) mass is 339 g/mol. The van der Waals surface area contributed by atoms with Gasteiger partial charge in [-0.25, -0.2) is 9.82 Å². The van der Waals surface area contributed by atoms with Crippen LogP contribution >= 0.6 is 0 Å². The molecule has 0 bridgehead atoms. The fraction of sp³-hybridized carbons (Fsp3) is 0.211. The summed E-state index contributed by atoms with van der Waals surface area (Å²) in [4.78, 5) is 23.7. The number of nitrogens with one attached hydrogen (secondary N) is 2. The summed E-state index contributed by atoms with van der Waals surface area (Å²) in [6.07, 6.45) is 1.91. The molecule has 1 fully saturated rings. The highest BCUT2D eigenvalue weighted by atomic mass is 19.1. The molecule has 0 aliphatic heterocycles. The van der Waals surface area contributed by atoms with E-state index in [0.717, 1.165) is 24.1 Å². The molecule has 128 valence electrons. The Labute approximate surface area is 144 Å². The summed E-state index contributed by atoms with van der Waals surface area (Å²) >= 11 is 0. The Balaban J connectivity index is 1.62. The summed E-state index contributed by atoms with van der Waals surface area (Å²) in [5.41, 5.74) is 4.38. The summed E-state index contributed by atoms with van der Waals surface area (Å²) in [7, 11) is 0. The van der Waals surface area contributed by atoms with Crippen molar-refractivity contribution in [2.75, 3.05) is 5.32 Å². The molecule has 2 N–H and O–H groups in total. The van der Waals surface area contributed by atoms with Gasteiger partial charge in [-0.15, -0.1) is 0 Å². The molecule has 2 aromatic rings. The minimum absolute atomic E-state index is 0.0512. The third-order valence-electron chi connectivity index (χ3n) is 3.96. The molecule has 0 saturated heterocycles. The van der Waals surface area contributed by atoms with Crippen molar-refractivity contribution in [2.45, 2.75) is 19.8 Å². The Morgan fingerprint density at radius 3 is 2.40 bits per heavy atom. The minimum atomic E-state index is -0.606. The van der Waals surface area contributed by atoms with Crippen LogP contribution in [0.15, 0.2) is 53.6 Å². The lowest BCUT2D eigenvalue weighted by atomic mass is 10.1. The fourth-order valence-corrected chi connectivity index (χ4v) is 2.29. The van der Waals surface area contributed by atoms with E-state index in [0.29, 0.717) is 5.71 Å². The van der Waals surface area contributed by atoms with Crippen molar-refractivity contribution in [2.24, 2.45) is 11.0 Å². The molecule has 0 spiro atoms. The number of nitrogens with zero attached hydrogens (tertiary/aromatic N) is 1. The van der Waals surface area contributed by atoms with Gasteiger partial charge in [-0.3, -0.25) is 9.59 Å². The van der Waals surface area contributed by atoms with Gasteiger partial charge in [-0.2, -0.15) is 5.10 Å². The van der Waals surface area contributed by atoms with Crippen molar-refractivity contribution in [3.05, 3.63) is 65.5 Å². The Kier molecular flexibility index (Phi) is 4.88. The molecule has 1 aliphatic carbocycles. The number of halogens is 1. The Bertz CT molecular complexity index is 827. The van der Waals surface area contributed by atoms with Gasteiger partial charge >= 0.3 is 0 Å². The highest BCUT2D eigenvalue weighted by Gasteiger charge is 2.29. The molecule has 2 amide bonds. The zero-order valence-corrected chi connectivity index (χ0v) is 13.8. The molecule has 0 atom stereocenters. The number of amides is 2. The molecular weight excluding hydrogens is 321 g/mol. The molecule has 0 radical (unpaired) electrons. The molecule has 0 unspecified atom stereocenters. The van der Waals surface area contributed by atoms with Crippen LogP contribution in [0.4, 0.5) is 10.1 Å². The van der Waals surface area contributed by atoms with Gasteiger partial charge in [0.25, 0.3) is 5.91 Å². The zero-order chi connectivity index (χ0) is 17.8. The first kappa shape index (κ1) is 16.8. The van der Waals surface area contributed by atoms with Crippen LogP contribution < -0.4 is 10.7 Å². The summed E-state index contributed by atoms with van der Waals surface area (Å²) in [6, 6.07) is 12.9. The van der Waals surface area contributed by atoms with Crippen LogP contribution in [0.25, 0.3) is 0 Å². The van der Waals surface area contributed by atoms with E-state index in [2.05, 4.69) is 15.8 Å². The van der Waals surface area contributed by atoms with Crippen molar-refractivity contribution in [1.82, 2.24) is 5.43 Å². The predicted molar refractivity (Wildman–Crippen MR) is 93.9 cm³/mol. The van der Waals surface area contributed by atoms with Gasteiger partial charge in [0.05, 0.1) is 11.3 Å². The fourth-order valence-electron chi connectivity index (χ4n) is 2.29. The first-order chi connectivity index (χ1) is 12.0. The number of rotatable bonds is 5. The summed E-state index contributed by atoms with van der Waals surface area (Å²) < 4.78 is 13.6. The maximum absolute atomic E-state index is 13.6. The van der Waals surface area contributed by atoms with Crippen LogP contribution in [-0.4, -0.2) is 17.5 Å². The molecule has 1 aliphatic rings. The average molecular weight is 339 g/mol. The molecule has 5 nitrogen and oxygen atoms in total. The molecule has 0 heterocycles. The summed E-state index contributed by atoms with van der Waals surface area (Å²) in [5, 5.41) is 6.86. The van der Waals surface area contributed by atoms with Crippen molar-refractivity contribution in [1.29, 1.82) is 0 Å². The number of anilines is 1. The number of carbonyl (C=O) groups is 2. The lowest BCUT2D eigenvalue weighted by molar-refractivity contribution is -0.117. The van der Waals surface area contributed by atoms with Crippen molar-refractivity contribution >= 4 is 23.2 Å². The van der Waals surface area contributed by atoms with E-state index in [1.807, 2.05) is 0 Å². The first-order valence-corrected chi connectivity index (χ1v) is 8.05. The number of benzene rings is 2. The van der Waals surface area contributed by atoms with Gasteiger partial charge in [0.1, 0.15) is 5.82 Å². The zero-order valence-electron chi connectivity index (χ0n) is 13.8. The van der Waals surface area contributed by atoms with E-state index in [4.69, 9.17) is 0 Å². The van der Waals surface area contributed by atoms with Gasteiger partial charge in [0, 0.05) is 11.6 Å². The molecule has 0 aromatic heterocycles. The van der Waals surface area contributed by atoms with E-state index in [1.54, 1.807) is 37.3 Å². The van der Waals surface area contributed by atoms with E-state index in [1.165, 1.54) is 18.2 Å². The lowest BCUT2D eigenvalue weighted by Crippen LogP contribution is -2.20. The third kappa shape index (κ3) is 4.29. The quantitative estimate of drug-likeness (QED) is 0.648. The highest BCUT2D eigenvalue weighted by molar-refractivity contribution is 6.01. The molecule has 2 aromatic carbocycles. The number of carbonyl (C=O) groups excluding carboxylic acids is 2. The number of hydrazone groups is 1. The SMILES string of the molecule is C/C(=N\NC(=O)c1ccccc1F)c1ccc(NC(=O)C2CC2)cc1. The standard InChI is InChI=1S/C19H18FN3O2/c1-12(22-23-19(25)16-4-2-3-5-17(16)20)13-8-10-15(11-9-13)21-18(24)14-6-7-14/h2-5,8-11,14H,6-7H2,1H3,(H,21,24)(H,23,25)/b22-12+. The summed E-state index contributed by atoms with van der Waals surface area (Å²) in [5.74, 6) is -0.999. The molecule has 1 saturated carbocycles. The van der Waals surface area contributed by atoms with Gasteiger partial charge in [0.2, 0.25) is 5.91 Å². The highest BCUT2D eigenvalue weighted by Crippen LogP contribution is 2.30. The van der Waals surface area contributed by atoms with Crippen LogP contribution in [-0.2, 0) is 4.79 Å². The van der Waals surface area contributed by atoms with Crippen LogP contribution in [0, 0.1) is 11.7 Å². The second-order valence-electron chi connectivity index (χ2n) is 5.96. The van der Waals surface area contributed by atoms with Gasteiger partial charge in [-0.05, 0) is 49.6 Å². The molecule has 3 rings (SSSR count). The third-order valence-corrected chi connectivity index (χ3v) is 3.96. The molecular formula is C19H18FN3O2. The lowest BCUT2D eigenvalue weighted by Gasteiger charge is -2.06. The van der Waals surface area contributed by atoms with E-state index < -0.39 is 11.7 Å². The predicted octanol–water partition coefficient (Wildman–Crippen LogP) is 3.33.